The van der Waals surface area contributed by atoms with Gasteiger partial charge in [0.1, 0.15) is 0 Å². The van der Waals surface area contributed by atoms with E-state index in [4.69, 9.17) is 5.73 Å². The Morgan fingerprint density at radius 3 is 2.92 bits per heavy atom. The number of nitrogen functional groups attached to an aromatic ring is 1. The first-order valence-corrected chi connectivity index (χ1v) is 4.66. The summed E-state index contributed by atoms with van der Waals surface area (Å²) in [6.07, 6.45) is 0. The summed E-state index contributed by atoms with van der Waals surface area (Å²) in [6.45, 7) is 0. The molecule has 0 spiro atoms. The van der Waals surface area contributed by atoms with Gasteiger partial charge in [-0.05, 0) is 12.1 Å². The number of benzene rings is 1. The Labute approximate surface area is 78.9 Å². The second kappa shape index (κ2) is 3.14. The van der Waals surface area contributed by atoms with Gasteiger partial charge in [0.2, 0.25) is 0 Å². The van der Waals surface area contributed by atoms with Gasteiger partial charge in [0.25, 0.3) is 0 Å². The molecule has 0 unspecified atom stereocenters. The zero-order valence-corrected chi connectivity index (χ0v) is 7.51. The van der Waals surface area contributed by atoms with Gasteiger partial charge in [-0.2, -0.15) is 0 Å². The van der Waals surface area contributed by atoms with Gasteiger partial charge in [-0.1, -0.05) is 6.07 Å². The topological polar surface area (TPSA) is 38.9 Å². The minimum Gasteiger partial charge on any atom is -0.396 e. The van der Waals surface area contributed by atoms with Crippen molar-refractivity contribution in [1.29, 1.82) is 0 Å². The lowest BCUT2D eigenvalue weighted by Gasteiger charge is -2.01. The quantitative estimate of drug-likeness (QED) is 0.708. The molecule has 2 N–H and O–H groups in total. The summed E-state index contributed by atoms with van der Waals surface area (Å²) >= 11 is 1.43. The number of hydrogen-bond donors (Lipinski definition) is 1. The summed E-state index contributed by atoms with van der Waals surface area (Å²) in [7, 11) is 0. The van der Waals surface area contributed by atoms with Gasteiger partial charge in [-0.25, -0.2) is 9.37 Å². The fourth-order valence-electron chi connectivity index (χ4n) is 1.09. The average Bonchev–Trinajstić information content (AvgIpc) is 2.62. The summed E-state index contributed by atoms with van der Waals surface area (Å²) in [4.78, 5) is 4.01. The van der Waals surface area contributed by atoms with Crippen molar-refractivity contribution in [2.45, 2.75) is 0 Å². The molecule has 0 bridgehead atoms. The maximum absolute atomic E-state index is 13.4. The Balaban J connectivity index is 2.59. The van der Waals surface area contributed by atoms with Gasteiger partial charge >= 0.3 is 0 Å². The lowest BCUT2D eigenvalue weighted by atomic mass is 10.1. The minimum absolute atomic E-state index is 0.158. The molecule has 1 aromatic heterocycles. The van der Waals surface area contributed by atoms with Crippen molar-refractivity contribution >= 4 is 17.0 Å². The summed E-state index contributed by atoms with van der Waals surface area (Å²) in [5.74, 6) is -0.395. The third-order valence-electron chi connectivity index (χ3n) is 1.74. The molecule has 0 fully saturated rings. The van der Waals surface area contributed by atoms with Crippen molar-refractivity contribution in [3.63, 3.8) is 0 Å². The summed E-state index contributed by atoms with van der Waals surface area (Å²) in [5.41, 5.74) is 8.34. The van der Waals surface area contributed by atoms with Crippen molar-refractivity contribution in [2.75, 3.05) is 5.73 Å². The van der Waals surface area contributed by atoms with E-state index < -0.39 is 5.82 Å². The van der Waals surface area contributed by atoms with Crippen LogP contribution in [0.5, 0.6) is 0 Å². The van der Waals surface area contributed by atoms with Crippen molar-refractivity contribution < 1.29 is 4.39 Å². The molecule has 2 rings (SSSR count). The molecule has 0 amide bonds. The maximum Gasteiger partial charge on any atom is 0.155 e. The van der Waals surface area contributed by atoms with Gasteiger partial charge in [0.15, 0.2) is 5.82 Å². The molecule has 66 valence electrons. The van der Waals surface area contributed by atoms with Crippen LogP contribution in [-0.2, 0) is 0 Å². The van der Waals surface area contributed by atoms with Crippen LogP contribution in [-0.4, -0.2) is 4.98 Å². The highest BCUT2D eigenvalue weighted by Gasteiger charge is 2.08. The smallest absolute Gasteiger partial charge is 0.155 e. The van der Waals surface area contributed by atoms with Crippen molar-refractivity contribution in [3.05, 3.63) is 34.9 Å². The van der Waals surface area contributed by atoms with E-state index in [1.54, 1.807) is 23.0 Å². The number of rotatable bonds is 1. The fraction of sp³-hybridized carbons (Fsp3) is 0. The van der Waals surface area contributed by atoms with Crippen molar-refractivity contribution in [1.82, 2.24) is 4.98 Å². The van der Waals surface area contributed by atoms with E-state index in [9.17, 15) is 4.39 Å². The van der Waals surface area contributed by atoms with Crippen LogP contribution in [0.4, 0.5) is 10.1 Å². The molecular formula is C9H7FN2S. The predicted molar refractivity (Wildman–Crippen MR) is 51.9 cm³/mol. The van der Waals surface area contributed by atoms with Crippen molar-refractivity contribution in [2.24, 2.45) is 0 Å². The van der Waals surface area contributed by atoms with Crippen LogP contribution in [0.2, 0.25) is 0 Å². The van der Waals surface area contributed by atoms with E-state index in [-0.39, 0.29) is 5.69 Å². The second-order valence-electron chi connectivity index (χ2n) is 2.58. The third kappa shape index (κ3) is 1.40. The van der Waals surface area contributed by atoms with Crippen LogP contribution in [0, 0.1) is 5.82 Å². The molecule has 0 aliphatic heterocycles. The summed E-state index contributed by atoms with van der Waals surface area (Å²) in [6, 6.07) is 4.92. The first-order valence-electron chi connectivity index (χ1n) is 3.71. The third-order valence-corrected chi connectivity index (χ3v) is 2.32. The van der Waals surface area contributed by atoms with E-state index >= 15 is 0 Å². The Hall–Kier alpha value is -1.42. The lowest BCUT2D eigenvalue weighted by molar-refractivity contribution is 0.635. The van der Waals surface area contributed by atoms with Crippen molar-refractivity contribution in [3.8, 4) is 11.3 Å². The number of aromatic nitrogens is 1. The molecule has 0 saturated carbocycles. The Bertz CT molecular complexity index is 412. The van der Waals surface area contributed by atoms with Crippen LogP contribution < -0.4 is 5.73 Å². The normalized spacial score (nSPS) is 10.2. The molecular weight excluding hydrogens is 187 g/mol. The average molecular weight is 194 g/mol. The number of anilines is 1. The molecule has 0 saturated heterocycles. The zero-order chi connectivity index (χ0) is 9.26. The SMILES string of the molecule is Nc1cccc(-c2cscn2)c1F. The standard InChI is InChI=1S/C9H7FN2S/c10-9-6(2-1-3-7(9)11)8-4-13-5-12-8/h1-5H,11H2. The lowest BCUT2D eigenvalue weighted by Crippen LogP contribution is -1.92. The molecule has 0 atom stereocenters. The van der Waals surface area contributed by atoms with Crippen LogP contribution in [0.3, 0.4) is 0 Å². The van der Waals surface area contributed by atoms with Gasteiger partial charge in [0, 0.05) is 10.9 Å². The predicted octanol–water partition coefficient (Wildman–Crippen LogP) is 2.53. The van der Waals surface area contributed by atoms with Gasteiger partial charge in [-0.15, -0.1) is 11.3 Å². The number of nitrogens with zero attached hydrogens (tertiary/aromatic N) is 1. The van der Waals surface area contributed by atoms with E-state index in [0.29, 0.717) is 11.3 Å². The molecule has 2 aromatic rings. The molecule has 13 heavy (non-hydrogen) atoms. The molecule has 0 aliphatic rings. The minimum atomic E-state index is -0.395. The molecule has 1 aromatic carbocycles. The number of hydrogen-bond acceptors (Lipinski definition) is 3. The van der Waals surface area contributed by atoms with E-state index in [2.05, 4.69) is 4.98 Å². The van der Waals surface area contributed by atoms with Gasteiger partial charge in [0.05, 0.1) is 16.9 Å². The monoisotopic (exact) mass is 194 g/mol. The molecule has 2 nitrogen and oxygen atoms in total. The highest BCUT2D eigenvalue weighted by atomic mass is 32.1. The van der Waals surface area contributed by atoms with Gasteiger partial charge < -0.3 is 5.73 Å². The highest BCUT2D eigenvalue weighted by Crippen LogP contribution is 2.25. The first-order chi connectivity index (χ1) is 6.29. The molecule has 0 radical (unpaired) electrons. The number of nitrogens with two attached hydrogens (primary N) is 1. The van der Waals surface area contributed by atoms with E-state index in [1.165, 1.54) is 17.4 Å². The largest absolute Gasteiger partial charge is 0.396 e. The Morgan fingerprint density at radius 2 is 2.23 bits per heavy atom. The van der Waals surface area contributed by atoms with Gasteiger partial charge in [-0.3, -0.25) is 0 Å². The van der Waals surface area contributed by atoms with Crippen LogP contribution >= 0.6 is 11.3 Å². The molecule has 4 heteroatoms. The maximum atomic E-state index is 13.4. The zero-order valence-electron chi connectivity index (χ0n) is 6.70. The number of thiazole rings is 1. The summed E-state index contributed by atoms with van der Waals surface area (Å²) < 4.78 is 13.4. The molecule has 0 aliphatic carbocycles. The van der Waals surface area contributed by atoms with E-state index in [1.807, 2.05) is 0 Å². The second-order valence-corrected chi connectivity index (χ2v) is 3.30. The molecule has 1 heterocycles. The fourth-order valence-corrected chi connectivity index (χ4v) is 1.65. The Morgan fingerprint density at radius 1 is 1.38 bits per heavy atom. The van der Waals surface area contributed by atoms with Crippen LogP contribution in [0.25, 0.3) is 11.3 Å². The summed E-state index contributed by atoms with van der Waals surface area (Å²) in [5, 5.41) is 1.79. The van der Waals surface area contributed by atoms with Crippen LogP contribution in [0.1, 0.15) is 0 Å². The Kier molecular flexibility index (Phi) is 1.98. The first kappa shape index (κ1) is 8.19. The van der Waals surface area contributed by atoms with E-state index in [0.717, 1.165) is 0 Å². The number of halogens is 1. The van der Waals surface area contributed by atoms with Crippen LogP contribution in [0.15, 0.2) is 29.1 Å². The highest BCUT2D eigenvalue weighted by molar-refractivity contribution is 7.07.